The van der Waals surface area contributed by atoms with E-state index in [1.165, 1.54) is 135 Å². The Hall–Kier alpha value is -0.0800. The Labute approximate surface area is 238 Å². The van der Waals surface area contributed by atoms with Crippen LogP contribution < -0.4 is 0 Å². The van der Waals surface area contributed by atoms with Crippen molar-refractivity contribution >= 4 is 0 Å². The Kier molecular flexibility index (Phi) is 54.4. The second kappa shape index (κ2) is 45.8. The minimum absolute atomic E-state index is 0.367. The van der Waals surface area contributed by atoms with Crippen LogP contribution in [0.3, 0.4) is 0 Å². The van der Waals surface area contributed by atoms with Crippen molar-refractivity contribution < 1.29 is 10.2 Å². The van der Waals surface area contributed by atoms with E-state index in [1.54, 1.807) is 0 Å². The minimum Gasteiger partial charge on any atom is -0.396 e. The Morgan fingerprint density at radius 3 is 0.946 bits per heavy atom. The third-order valence-corrected chi connectivity index (χ3v) is 7.00. The normalized spacial score (nSPS) is 11.8. The monoisotopic (exact) mass is 531 g/mol. The van der Waals surface area contributed by atoms with Crippen molar-refractivity contribution in [3.05, 3.63) is 0 Å². The lowest BCUT2D eigenvalue weighted by Crippen LogP contribution is -1.95. The Bertz CT molecular complexity index is 314. The van der Waals surface area contributed by atoms with Crippen LogP contribution in [0.25, 0.3) is 0 Å². The molecule has 0 saturated heterocycles. The highest BCUT2D eigenvalue weighted by Gasteiger charge is 2.01. The SMILES string of the molecule is CCCC.CCCC(C)CCCCCCCO.CCCCC.CCCCCC(C)CCCCCCCO. The van der Waals surface area contributed by atoms with E-state index in [-0.39, 0.29) is 0 Å². The van der Waals surface area contributed by atoms with E-state index in [1.807, 2.05) is 0 Å². The van der Waals surface area contributed by atoms with Gasteiger partial charge in [0, 0.05) is 13.2 Å². The number of aliphatic hydroxyl groups excluding tert-OH is 2. The first-order valence-electron chi connectivity index (χ1n) is 17.2. The molecule has 0 aromatic heterocycles. The lowest BCUT2D eigenvalue weighted by molar-refractivity contribution is 0.281. The summed E-state index contributed by atoms with van der Waals surface area (Å²) in [7, 11) is 0. The van der Waals surface area contributed by atoms with Gasteiger partial charge >= 0.3 is 0 Å². The van der Waals surface area contributed by atoms with E-state index in [2.05, 4.69) is 55.4 Å². The molecule has 0 amide bonds. The summed E-state index contributed by atoms with van der Waals surface area (Å²) < 4.78 is 0. The topological polar surface area (TPSA) is 40.5 Å². The van der Waals surface area contributed by atoms with Crippen LogP contribution >= 0.6 is 0 Å². The molecule has 2 heteroatoms. The van der Waals surface area contributed by atoms with Gasteiger partial charge in [0.1, 0.15) is 0 Å². The van der Waals surface area contributed by atoms with Crippen LogP contribution in [0, 0.1) is 11.8 Å². The van der Waals surface area contributed by atoms with Crippen molar-refractivity contribution in [1.29, 1.82) is 0 Å². The van der Waals surface area contributed by atoms with Crippen LogP contribution in [0.15, 0.2) is 0 Å². The summed E-state index contributed by atoms with van der Waals surface area (Å²) in [5, 5.41) is 17.2. The molecule has 0 radical (unpaired) electrons. The molecule has 0 aliphatic rings. The third kappa shape index (κ3) is 57.0. The number of aliphatic hydroxyl groups is 2. The van der Waals surface area contributed by atoms with Gasteiger partial charge in [0.25, 0.3) is 0 Å². The van der Waals surface area contributed by atoms with Crippen LogP contribution in [-0.4, -0.2) is 23.4 Å². The zero-order valence-electron chi connectivity index (χ0n) is 27.7. The number of rotatable bonds is 23. The molecule has 230 valence electrons. The Morgan fingerprint density at radius 2 is 0.649 bits per heavy atom. The van der Waals surface area contributed by atoms with Crippen LogP contribution in [0.2, 0.25) is 0 Å². The van der Waals surface area contributed by atoms with Gasteiger partial charge in [-0.15, -0.1) is 0 Å². The highest BCUT2D eigenvalue weighted by molar-refractivity contribution is 4.55. The fraction of sp³-hybridized carbons (Fsp3) is 1.00. The number of hydrogen-bond donors (Lipinski definition) is 2. The molecular weight excluding hydrogens is 452 g/mol. The summed E-state index contributed by atoms with van der Waals surface area (Å²) in [4.78, 5) is 0. The van der Waals surface area contributed by atoms with E-state index in [0.29, 0.717) is 13.2 Å². The van der Waals surface area contributed by atoms with Gasteiger partial charge in [0.05, 0.1) is 0 Å². The first-order valence-corrected chi connectivity index (χ1v) is 17.2. The molecule has 0 aliphatic heterocycles. The second-order valence-electron chi connectivity index (χ2n) is 11.4. The Morgan fingerprint density at radius 1 is 0.324 bits per heavy atom. The molecule has 0 rings (SSSR count). The molecule has 0 fully saturated rings. The van der Waals surface area contributed by atoms with Gasteiger partial charge in [0.2, 0.25) is 0 Å². The summed E-state index contributed by atoms with van der Waals surface area (Å²) in [6, 6.07) is 0. The molecular formula is C35H78O2. The van der Waals surface area contributed by atoms with Gasteiger partial charge in [-0.2, -0.15) is 0 Å². The van der Waals surface area contributed by atoms with E-state index in [9.17, 15) is 0 Å². The van der Waals surface area contributed by atoms with Crippen molar-refractivity contribution in [2.45, 2.75) is 203 Å². The van der Waals surface area contributed by atoms with Crippen molar-refractivity contribution in [1.82, 2.24) is 0 Å². The van der Waals surface area contributed by atoms with Crippen LogP contribution in [0.1, 0.15) is 203 Å². The molecule has 0 heterocycles. The van der Waals surface area contributed by atoms with Crippen LogP contribution in [0.4, 0.5) is 0 Å². The van der Waals surface area contributed by atoms with Gasteiger partial charge in [0.15, 0.2) is 0 Å². The van der Waals surface area contributed by atoms with Crippen molar-refractivity contribution in [3.63, 3.8) is 0 Å². The summed E-state index contributed by atoms with van der Waals surface area (Å²) >= 11 is 0. The molecule has 0 spiro atoms. The maximum atomic E-state index is 8.63. The zero-order valence-corrected chi connectivity index (χ0v) is 27.7. The zero-order chi connectivity index (χ0) is 28.8. The molecule has 2 atom stereocenters. The van der Waals surface area contributed by atoms with Gasteiger partial charge in [-0.1, -0.05) is 190 Å². The predicted octanol–water partition coefficient (Wildman–Crippen LogP) is 12.3. The smallest absolute Gasteiger partial charge is 0.0431 e. The molecule has 0 bridgehead atoms. The van der Waals surface area contributed by atoms with E-state index >= 15 is 0 Å². The van der Waals surface area contributed by atoms with Crippen LogP contribution in [0.5, 0.6) is 0 Å². The highest BCUT2D eigenvalue weighted by atomic mass is 16.3. The lowest BCUT2D eigenvalue weighted by Gasteiger charge is -2.10. The standard InChI is InChI=1S/C14H30O.C12H26O.C5H12.C4H10/c1-3-4-8-11-14(2)12-9-6-5-7-10-13-15;1-3-9-12(2)10-7-5-4-6-8-11-13;1-3-5-4-2;1-3-4-2/h14-15H,3-13H2,1-2H3;12-13H,3-11H2,1-2H3;3-5H2,1-2H3;3-4H2,1-2H3. The second-order valence-corrected chi connectivity index (χ2v) is 11.4. The number of hydrogen-bond acceptors (Lipinski definition) is 2. The minimum atomic E-state index is 0.367. The summed E-state index contributed by atoms with van der Waals surface area (Å²) in [6.45, 7) is 18.8. The average molecular weight is 531 g/mol. The summed E-state index contributed by atoms with van der Waals surface area (Å²) in [5.41, 5.74) is 0. The van der Waals surface area contributed by atoms with E-state index in [4.69, 9.17) is 10.2 Å². The molecule has 0 aromatic rings. The van der Waals surface area contributed by atoms with Gasteiger partial charge in [-0.3, -0.25) is 0 Å². The maximum absolute atomic E-state index is 8.63. The predicted molar refractivity (Wildman–Crippen MR) is 173 cm³/mol. The first-order chi connectivity index (χ1) is 17.9. The highest BCUT2D eigenvalue weighted by Crippen LogP contribution is 2.17. The van der Waals surface area contributed by atoms with Gasteiger partial charge < -0.3 is 10.2 Å². The summed E-state index contributed by atoms with van der Waals surface area (Å²) in [5.74, 6) is 1.84. The molecule has 2 unspecified atom stereocenters. The maximum Gasteiger partial charge on any atom is 0.0431 e. The molecule has 0 aliphatic carbocycles. The van der Waals surface area contributed by atoms with Crippen molar-refractivity contribution in [2.75, 3.05) is 13.2 Å². The fourth-order valence-electron chi connectivity index (χ4n) is 4.15. The molecule has 2 nitrogen and oxygen atoms in total. The number of unbranched alkanes of at least 4 members (excludes halogenated alkanes) is 13. The first kappa shape index (κ1) is 44.0. The van der Waals surface area contributed by atoms with Crippen molar-refractivity contribution in [3.8, 4) is 0 Å². The van der Waals surface area contributed by atoms with Crippen molar-refractivity contribution in [2.24, 2.45) is 11.8 Å². The molecule has 2 N–H and O–H groups in total. The van der Waals surface area contributed by atoms with Gasteiger partial charge in [-0.05, 0) is 24.7 Å². The quantitative estimate of drug-likeness (QED) is 0.129. The third-order valence-electron chi connectivity index (χ3n) is 7.00. The van der Waals surface area contributed by atoms with E-state index < -0.39 is 0 Å². The van der Waals surface area contributed by atoms with E-state index in [0.717, 1.165) is 24.7 Å². The lowest BCUT2D eigenvalue weighted by atomic mass is 9.96. The fourth-order valence-corrected chi connectivity index (χ4v) is 4.15. The molecule has 37 heavy (non-hydrogen) atoms. The van der Waals surface area contributed by atoms with Gasteiger partial charge in [-0.25, -0.2) is 0 Å². The molecule has 0 aromatic carbocycles. The van der Waals surface area contributed by atoms with Crippen LogP contribution in [-0.2, 0) is 0 Å². The average Bonchev–Trinajstić information content (AvgIpc) is 2.90. The molecule has 0 saturated carbocycles. The Balaban J connectivity index is -0.000000223. The largest absolute Gasteiger partial charge is 0.396 e. The summed E-state index contributed by atoms with van der Waals surface area (Å²) in [6.07, 6.45) is 30.3.